The lowest BCUT2D eigenvalue weighted by molar-refractivity contribution is -0.123. The summed E-state index contributed by atoms with van der Waals surface area (Å²) in [7, 11) is 0. The van der Waals surface area contributed by atoms with Crippen LogP contribution < -0.4 is 10.1 Å². The summed E-state index contributed by atoms with van der Waals surface area (Å²) in [5, 5.41) is 6.56. The normalized spacial score (nSPS) is 10.5. The van der Waals surface area contributed by atoms with Gasteiger partial charge in [-0.15, -0.1) is 11.3 Å². The van der Waals surface area contributed by atoms with Gasteiger partial charge in [-0.05, 0) is 37.1 Å². The molecule has 0 saturated heterocycles. The van der Waals surface area contributed by atoms with E-state index < -0.39 is 0 Å². The molecule has 0 fully saturated rings. The molecule has 26 heavy (non-hydrogen) atoms. The van der Waals surface area contributed by atoms with Gasteiger partial charge < -0.3 is 10.1 Å². The molecule has 3 aromatic rings. The SMILES string of the molecule is Cc1nc(-c2ccc(CCNC(=O)COc3cccc(Cl)c3)cc2)cs1. The van der Waals surface area contributed by atoms with Gasteiger partial charge >= 0.3 is 0 Å². The summed E-state index contributed by atoms with van der Waals surface area (Å²) in [5.41, 5.74) is 3.28. The predicted octanol–water partition coefficient (Wildman–Crippen LogP) is 4.51. The molecule has 0 bridgehead atoms. The van der Waals surface area contributed by atoms with Crippen LogP contribution in [0.2, 0.25) is 5.02 Å². The molecule has 1 aromatic heterocycles. The van der Waals surface area contributed by atoms with E-state index in [-0.39, 0.29) is 12.5 Å². The topological polar surface area (TPSA) is 51.2 Å². The second kappa shape index (κ2) is 8.83. The van der Waals surface area contributed by atoms with Crippen LogP contribution >= 0.6 is 22.9 Å². The Balaban J connectivity index is 1.42. The lowest BCUT2D eigenvalue weighted by Crippen LogP contribution is -2.30. The van der Waals surface area contributed by atoms with Crippen molar-refractivity contribution < 1.29 is 9.53 Å². The number of carbonyl (C=O) groups excluding carboxylic acids is 1. The fourth-order valence-electron chi connectivity index (χ4n) is 2.44. The van der Waals surface area contributed by atoms with E-state index in [4.69, 9.17) is 16.3 Å². The number of halogens is 1. The number of hydrogen-bond acceptors (Lipinski definition) is 4. The molecule has 1 N–H and O–H groups in total. The molecule has 0 aliphatic rings. The molecular weight excluding hydrogens is 368 g/mol. The number of aromatic nitrogens is 1. The van der Waals surface area contributed by atoms with E-state index in [0.29, 0.717) is 17.3 Å². The van der Waals surface area contributed by atoms with Crippen LogP contribution in [0.3, 0.4) is 0 Å². The number of benzene rings is 2. The Kier molecular flexibility index (Phi) is 6.26. The molecule has 4 nitrogen and oxygen atoms in total. The molecule has 6 heteroatoms. The molecule has 0 aliphatic carbocycles. The molecule has 0 unspecified atom stereocenters. The van der Waals surface area contributed by atoms with Crippen LogP contribution in [-0.2, 0) is 11.2 Å². The average molecular weight is 387 g/mol. The molecule has 1 amide bonds. The van der Waals surface area contributed by atoms with Crippen molar-refractivity contribution in [2.75, 3.05) is 13.2 Å². The summed E-state index contributed by atoms with van der Waals surface area (Å²) in [6, 6.07) is 15.3. The van der Waals surface area contributed by atoms with Crippen molar-refractivity contribution in [3.8, 4) is 17.0 Å². The molecule has 2 aromatic carbocycles. The smallest absolute Gasteiger partial charge is 0.257 e. The fraction of sp³-hybridized carbons (Fsp3) is 0.200. The molecule has 1 heterocycles. The van der Waals surface area contributed by atoms with Crippen molar-refractivity contribution in [2.24, 2.45) is 0 Å². The Morgan fingerprint density at radius 1 is 1.23 bits per heavy atom. The third kappa shape index (κ3) is 5.31. The van der Waals surface area contributed by atoms with Gasteiger partial charge in [-0.3, -0.25) is 4.79 Å². The van der Waals surface area contributed by atoms with Crippen LogP contribution in [-0.4, -0.2) is 24.0 Å². The van der Waals surface area contributed by atoms with Crippen molar-refractivity contribution >= 4 is 28.8 Å². The van der Waals surface area contributed by atoms with Crippen molar-refractivity contribution in [1.82, 2.24) is 10.3 Å². The van der Waals surface area contributed by atoms with Crippen LogP contribution in [0.4, 0.5) is 0 Å². The minimum atomic E-state index is -0.153. The van der Waals surface area contributed by atoms with E-state index in [1.54, 1.807) is 35.6 Å². The lowest BCUT2D eigenvalue weighted by atomic mass is 10.1. The number of thiazole rings is 1. The van der Waals surface area contributed by atoms with Crippen molar-refractivity contribution in [3.05, 3.63) is 69.5 Å². The standard InChI is InChI=1S/C20H19ClN2O2S/c1-14-23-19(13-26-14)16-7-5-15(6-8-16)9-10-22-20(24)12-25-18-4-2-3-17(21)11-18/h2-8,11,13H,9-10,12H2,1H3,(H,22,24). The first-order valence-electron chi connectivity index (χ1n) is 8.27. The van der Waals surface area contributed by atoms with Gasteiger partial charge in [-0.2, -0.15) is 0 Å². The van der Waals surface area contributed by atoms with Crippen LogP contribution in [0.1, 0.15) is 10.6 Å². The van der Waals surface area contributed by atoms with Crippen LogP contribution in [0.5, 0.6) is 5.75 Å². The summed E-state index contributed by atoms with van der Waals surface area (Å²) in [4.78, 5) is 16.3. The lowest BCUT2D eigenvalue weighted by Gasteiger charge is -2.08. The minimum absolute atomic E-state index is 0.0253. The fourth-order valence-corrected chi connectivity index (χ4v) is 3.24. The van der Waals surface area contributed by atoms with Gasteiger partial charge in [-0.1, -0.05) is 41.9 Å². The Bertz CT molecular complexity index is 878. The van der Waals surface area contributed by atoms with Gasteiger partial charge in [0.25, 0.3) is 5.91 Å². The molecular formula is C20H19ClN2O2S. The number of aryl methyl sites for hydroxylation is 1. The number of amides is 1. The predicted molar refractivity (Wildman–Crippen MR) is 106 cm³/mol. The van der Waals surface area contributed by atoms with Gasteiger partial charge in [0.05, 0.1) is 10.7 Å². The number of hydrogen-bond donors (Lipinski definition) is 1. The Hall–Kier alpha value is -2.37. The van der Waals surface area contributed by atoms with E-state index in [1.807, 2.05) is 6.92 Å². The molecule has 134 valence electrons. The molecule has 3 rings (SSSR count). The maximum atomic E-state index is 11.9. The Morgan fingerprint density at radius 3 is 2.73 bits per heavy atom. The van der Waals surface area contributed by atoms with E-state index in [1.165, 1.54) is 0 Å². The second-order valence-electron chi connectivity index (χ2n) is 5.79. The highest BCUT2D eigenvalue weighted by Gasteiger charge is 2.04. The largest absolute Gasteiger partial charge is 0.484 e. The van der Waals surface area contributed by atoms with E-state index in [0.717, 1.165) is 28.2 Å². The van der Waals surface area contributed by atoms with E-state index in [2.05, 4.69) is 39.9 Å². The van der Waals surface area contributed by atoms with Crippen molar-refractivity contribution in [1.29, 1.82) is 0 Å². The highest BCUT2D eigenvalue weighted by molar-refractivity contribution is 7.09. The van der Waals surface area contributed by atoms with Gasteiger partial charge in [0.2, 0.25) is 0 Å². The van der Waals surface area contributed by atoms with Gasteiger partial charge in [-0.25, -0.2) is 4.98 Å². The highest BCUT2D eigenvalue weighted by atomic mass is 35.5. The number of rotatable bonds is 7. The summed E-state index contributed by atoms with van der Waals surface area (Å²) in [5.74, 6) is 0.431. The molecule has 0 saturated carbocycles. The van der Waals surface area contributed by atoms with E-state index in [9.17, 15) is 4.79 Å². The van der Waals surface area contributed by atoms with Crippen LogP contribution in [0, 0.1) is 6.92 Å². The highest BCUT2D eigenvalue weighted by Crippen LogP contribution is 2.22. The maximum Gasteiger partial charge on any atom is 0.257 e. The Morgan fingerprint density at radius 2 is 2.04 bits per heavy atom. The molecule has 0 spiro atoms. The number of nitrogens with zero attached hydrogens (tertiary/aromatic N) is 1. The molecule has 0 radical (unpaired) electrons. The monoisotopic (exact) mass is 386 g/mol. The quantitative estimate of drug-likeness (QED) is 0.650. The van der Waals surface area contributed by atoms with E-state index >= 15 is 0 Å². The van der Waals surface area contributed by atoms with Crippen LogP contribution in [0.15, 0.2) is 53.9 Å². The first-order chi connectivity index (χ1) is 12.6. The third-order valence-corrected chi connectivity index (χ3v) is 4.78. The first kappa shape index (κ1) is 18.4. The second-order valence-corrected chi connectivity index (χ2v) is 7.29. The zero-order valence-electron chi connectivity index (χ0n) is 14.4. The zero-order chi connectivity index (χ0) is 18.4. The average Bonchev–Trinajstić information content (AvgIpc) is 3.07. The summed E-state index contributed by atoms with van der Waals surface area (Å²) >= 11 is 7.53. The summed E-state index contributed by atoms with van der Waals surface area (Å²) < 4.78 is 5.42. The molecule has 0 aliphatic heterocycles. The molecule has 0 atom stereocenters. The number of ether oxygens (including phenoxy) is 1. The third-order valence-electron chi connectivity index (χ3n) is 3.77. The van der Waals surface area contributed by atoms with Crippen molar-refractivity contribution in [3.63, 3.8) is 0 Å². The number of carbonyl (C=O) groups is 1. The zero-order valence-corrected chi connectivity index (χ0v) is 15.9. The summed E-state index contributed by atoms with van der Waals surface area (Å²) in [6.07, 6.45) is 0.763. The first-order valence-corrected chi connectivity index (χ1v) is 9.52. The maximum absolute atomic E-state index is 11.9. The van der Waals surface area contributed by atoms with Crippen molar-refractivity contribution in [2.45, 2.75) is 13.3 Å². The number of nitrogens with one attached hydrogen (secondary N) is 1. The van der Waals surface area contributed by atoms with Gasteiger partial charge in [0.15, 0.2) is 6.61 Å². The van der Waals surface area contributed by atoms with Crippen LogP contribution in [0.25, 0.3) is 11.3 Å². The minimum Gasteiger partial charge on any atom is -0.484 e. The summed E-state index contributed by atoms with van der Waals surface area (Å²) in [6.45, 7) is 2.54. The Labute approximate surface area is 161 Å². The van der Waals surface area contributed by atoms with Gasteiger partial charge in [0.1, 0.15) is 5.75 Å². The van der Waals surface area contributed by atoms with Gasteiger partial charge in [0, 0.05) is 22.5 Å².